The van der Waals surface area contributed by atoms with E-state index in [9.17, 15) is 29.8 Å². The maximum absolute atomic E-state index is 13.0. The molecule has 0 radical (unpaired) electrons. The summed E-state index contributed by atoms with van der Waals surface area (Å²) in [7, 11) is 0. The summed E-state index contributed by atoms with van der Waals surface area (Å²) in [5, 5.41) is 28.9. The molecule has 1 atom stereocenters. The van der Waals surface area contributed by atoms with Crippen LogP contribution in [0.3, 0.4) is 0 Å². The van der Waals surface area contributed by atoms with Crippen LogP contribution in [0.4, 0.5) is 11.4 Å². The Hall–Kier alpha value is -5.73. The zero-order valence-electron chi connectivity index (χ0n) is 24.7. The van der Waals surface area contributed by atoms with Gasteiger partial charge in [0.1, 0.15) is 12.6 Å². The van der Waals surface area contributed by atoms with Gasteiger partial charge in [-0.05, 0) is 60.7 Å². The van der Waals surface area contributed by atoms with Crippen LogP contribution in [0.25, 0.3) is 0 Å². The Morgan fingerprint density at radius 3 is 2.33 bits per heavy atom. The highest BCUT2D eigenvalue weighted by Crippen LogP contribution is 2.34. The normalized spacial score (nSPS) is 12.5. The highest BCUT2D eigenvalue weighted by Gasteiger charge is 2.25. The van der Waals surface area contributed by atoms with Gasteiger partial charge in [0.2, 0.25) is 6.79 Å². The van der Waals surface area contributed by atoms with Crippen molar-refractivity contribution in [3.8, 4) is 23.0 Å². The zero-order valence-corrected chi connectivity index (χ0v) is 24.7. The molecular formula is C30H31N5O10. The van der Waals surface area contributed by atoms with Crippen molar-refractivity contribution in [3.63, 3.8) is 0 Å². The van der Waals surface area contributed by atoms with Crippen LogP contribution in [0.15, 0.2) is 59.7 Å². The van der Waals surface area contributed by atoms with E-state index in [0.717, 1.165) is 23.8 Å². The van der Waals surface area contributed by atoms with Gasteiger partial charge in [-0.1, -0.05) is 19.9 Å². The van der Waals surface area contributed by atoms with Gasteiger partial charge in [0.25, 0.3) is 23.2 Å². The Kier molecular flexibility index (Phi) is 10.5. The summed E-state index contributed by atoms with van der Waals surface area (Å²) in [5.41, 5.74) is 2.27. The van der Waals surface area contributed by atoms with Crippen molar-refractivity contribution in [2.75, 3.05) is 13.4 Å². The molecule has 0 aliphatic carbocycles. The fourth-order valence-corrected chi connectivity index (χ4v) is 4.31. The van der Waals surface area contributed by atoms with Crippen LogP contribution in [-0.2, 0) is 11.4 Å². The third kappa shape index (κ3) is 8.65. The first-order valence-corrected chi connectivity index (χ1v) is 13.9. The molecule has 0 aromatic heterocycles. The van der Waals surface area contributed by atoms with Gasteiger partial charge in [-0.3, -0.25) is 29.8 Å². The van der Waals surface area contributed by atoms with Gasteiger partial charge in [-0.2, -0.15) is 5.10 Å². The zero-order chi connectivity index (χ0) is 32.5. The Bertz CT molecular complexity index is 1590. The number of ether oxygens (including phenoxy) is 4. The molecule has 45 heavy (non-hydrogen) atoms. The van der Waals surface area contributed by atoms with E-state index in [0.29, 0.717) is 35.2 Å². The molecule has 0 saturated heterocycles. The number of non-ortho nitro benzene ring substituents is 2. The van der Waals surface area contributed by atoms with E-state index in [-0.39, 0.29) is 31.3 Å². The van der Waals surface area contributed by atoms with Crippen molar-refractivity contribution < 1.29 is 38.4 Å². The van der Waals surface area contributed by atoms with Crippen LogP contribution in [-0.4, -0.2) is 47.3 Å². The Morgan fingerprint density at radius 1 is 0.956 bits per heavy atom. The van der Waals surface area contributed by atoms with Gasteiger partial charge in [0.05, 0.1) is 34.3 Å². The monoisotopic (exact) mass is 621 g/mol. The summed E-state index contributed by atoms with van der Waals surface area (Å²) < 4.78 is 22.4. The molecule has 4 rings (SSSR count). The van der Waals surface area contributed by atoms with Crippen LogP contribution in [0.5, 0.6) is 23.0 Å². The second kappa shape index (κ2) is 14.6. The third-order valence-electron chi connectivity index (χ3n) is 6.40. The lowest BCUT2D eigenvalue weighted by atomic mass is 10.0. The topological polar surface area (TPSA) is 194 Å². The molecule has 0 unspecified atom stereocenters. The number of fused-ring (bicyclic) bond motifs is 1. The fourth-order valence-electron chi connectivity index (χ4n) is 4.31. The molecule has 236 valence electrons. The van der Waals surface area contributed by atoms with Crippen molar-refractivity contribution in [1.82, 2.24) is 10.7 Å². The maximum atomic E-state index is 13.0. The maximum Gasteiger partial charge on any atom is 0.277 e. The van der Waals surface area contributed by atoms with Gasteiger partial charge in [-0.15, -0.1) is 0 Å². The average molecular weight is 622 g/mol. The summed E-state index contributed by atoms with van der Waals surface area (Å²) in [6.07, 6.45) is 1.59. The summed E-state index contributed by atoms with van der Waals surface area (Å²) >= 11 is 0. The molecule has 15 heteroatoms. The lowest BCUT2D eigenvalue weighted by Gasteiger charge is -2.19. The molecule has 1 aliphatic rings. The number of benzene rings is 3. The van der Waals surface area contributed by atoms with Crippen molar-refractivity contribution in [1.29, 1.82) is 0 Å². The molecule has 3 aromatic carbocycles. The number of hydrogen-bond donors (Lipinski definition) is 2. The number of nitrogens with zero attached hydrogens (tertiary/aromatic N) is 3. The summed E-state index contributed by atoms with van der Waals surface area (Å²) in [5.74, 6) is 0.713. The standard InChI is InChI=1S/C30H31N5O10/c1-4-42-27-10-19(5-7-25(27)43-16-20-6-8-26-28(11-20)45-17-44-26)15-31-33-30(37)24(9-18(2)3)32-29(36)21-12-22(34(38)39)14-23(13-21)35(40)41/h5-8,10-15,18,24H,4,9,16-17H2,1-3H3,(H,32,36)(H,33,37)/b31-15-/t24-/m1/s1. The van der Waals surface area contributed by atoms with E-state index in [1.165, 1.54) is 6.21 Å². The second-order valence-electron chi connectivity index (χ2n) is 10.3. The molecule has 0 fully saturated rings. The summed E-state index contributed by atoms with van der Waals surface area (Å²) in [6.45, 7) is 6.31. The molecule has 0 spiro atoms. The first-order valence-electron chi connectivity index (χ1n) is 13.9. The predicted molar refractivity (Wildman–Crippen MR) is 161 cm³/mol. The van der Waals surface area contributed by atoms with Crippen LogP contribution in [0.2, 0.25) is 0 Å². The number of nitro groups is 2. The van der Waals surface area contributed by atoms with Crippen molar-refractivity contribution in [2.24, 2.45) is 11.0 Å². The van der Waals surface area contributed by atoms with Gasteiger partial charge < -0.3 is 24.3 Å². The van der Waals surface area contributed by atoms with Gasteiger partial charge in [0, 0.05) is 12.1 Å². The quantitative estimate of drug-likeness (QED) is 0.147. The van der Waals surface area contributed by atoms with E-state index in [1.807, 2.05) is 39.0 Å². The van der Waals surface area contributed by atoms with Gasteiger partial charge in [0.15, 0.2) is 23.0 Å². The third-order valence-corrected chi connectivity index (χ3v) is 6.40. The van der Waals surface area contributed by atoms with Crippen molar-refractivity contribution >= 4 is 29.4 Å². The smallest absolute Gasteiger partial charge is 0.277 e. The lowest BCUT2D eigenvalue weighted by molar-refractivity contribution is -0.394. The summed E-state index contributed by atoms with van der Waals surface area (Å²) in [4.78, 5) is 46.6. The van der Waals surface area contributed by atoms with Crippen LogP contribution < -0.4 is 29.7 Å². The first-order chi connectivity index (χ1) is 21.5. The van der Waals surface area contributed by atoms with Crippen LogP contribution >= 0.6 is 0 Å². The fraction of sp³-hybridized carbons (Fsp3) is 0.300. The second-order valence-corrected chi connectivity index (χ2v) is 10.3. The van der Waals surface area contributed by atoms with Gasteiger partial charge >= 0.3 is 0 Å². The number of hydrogen-bond acceptors (Lipinski definition) is 11. The highest BCUT2D eigenvalue weighted by atomic mass is 16.7. The molecular weight excluding hydrogens is 590 g/mol. The number of carbonyl (C=O) groups is 2. The number of rotatable bonds is 14. The number of carbonyl (C=O) groups excluding carboxylic acids is 2. The number of hydrazone groups is 1. The van der Waals surface area contributed by atoms with E-state index >= 15 is 0 Å². The van der Waals surface area contributed by atoms with Crippen molar-refractivity contribution in [2.45, 2.75) is 39.8 Å². The number of nitrogens with one attached hydrogen (secondary N) is 2. The molecule has 0 saturated carbocycles. The molecule has 15 nitrogen and oxygen atoms in total. The van der Waals surface area contributed by atoms with E-state index < -0.39 is 39.1 Å². The minimum Gasteiger partial charge on any atom is -0.490 e. The molecule has 1 aliphatic heterocycles. The predicted octanol–water partition coefficient (Wildman–Crippen LogP) is 4.50. The minimum atomic E-state index is -1.08. The highest BCUT2D eigenvalue weighted by molar-refractivity contribution is 5.98. The van der Waals surface area contributed by atoms with E-state index in [2.05, 4.69) is 15.8 Å². The minimum absolute atomic E-state index is 0.0385. The first kappa shape index (κ1) is 32.2. The number of amides is 2. The van der Waals surface area contributed by atoms with Gasteiger partial charge in [-0.25, -0.2) is 5.43 Å². The molecule has 0 bridgehead atoms. The largest absolute Gasteiger partial charge is 0.490 e. The van der Waals surface area contributed by atoms with Crippen molar-refractivity contribution in [3.05, 3.63) is 91.5 Å². The average Bonchev–Trinajstić information content (AvgIpc) is 3.48. The molecule has 3 aromatic rings. The van der Waals surface area contributed by atoms with Crippen LogP contribution in [0.1, 0.15) is 48.7 Å². The molecule has 2 amide bonds. The molecule has 1 heterocycles. The summed E-state index contributed by atoms with van der Waals surface area (Å²) in [6, 6.07) is 12.1. The van der Waals surface area contributed by atoms with E-state index in [1.54, 1.807) is 18.2 Å². The number of nitro benzene ring substituents is 2. The Morgan fingerprint density at radius 2 is 1.67 bits per heavy atom. The van der Waals surface area contributed by atoms with Crippen LogP contribution in [0, 0.1) is 26.1 Å². The SMILES string of the molecule is CCOc1cc(/C=N\NC(=O)[C@@H](CC(C)C)NC(=O)c2cc([N+](=O)[O-])cc([N+](=O)[O-])c2)ccc1OCc1ccc2c(c1)OCO2. The Balaban J connectivity index is 1.42. The Labute approximate surface area is 257 Å². The lowest BCUT2D eigenvalue weighted by Crippen LogP contribution is -2.46. The van der Waals surface area contributed by atoms with E-state index in [4.69, 9.17) is 18.9 Å². The molecule has 2 N–H and O–H groups in total.